The number of carbonyl (C=O) groups is 2. The van der Waals surface area contributed by atoms with Gasteiger partial charge in [-0.25, -0.2) is 4.79 Å². The predicted octanol–water partition coefficient (Wildman–Crippen LogP) is -0.133. The Morgan fingerprint density at radius 1 is 1.29 bits per heavy atom. The van der Waals surface area contributed by atoms with Crippen molar-refractivity contribution in [3.63, 3.8) is 0 Å². The van der Waals surface area contributed by atoms with Gasteiger partial charge in [-0.2, -0.15) is 0 Å². The summed E-state index contributed by atoms with van der Waals surface area (Å²) in [5.41, 5.74) is 0. The maximum absolute atomic E-state index is 11.9. The first-order chi connectivity index (χ1) is 8.16. The summed E-state index contributed by atoms with van der Waals surface area (Å²) in [6.45, 7) is 1.61. The van der Waals surface area contributed by atoms with E-state index in [2.05, 4.69) is 0 Å². The molecule has 0 bridgehead atoms. The highest BCUT2D eigenvalue weighted by Gasteiger charge is 2.30. The highest BCUT2D eigenvalue weighted by atomic mass is 16.5. The molecule has 6 heteroatoms. The SMILES string of the molecule is O=C(O)[C@H]1CN(C(=O)C[C@@H]2CCCO2)CCO1. The van der Waals surface area contributed by atoms with Crippen LogP contribution in [0.15, 0.2) is 0 Å². The average Bonchev–Trinajstić information content (AvgIpc) is 2.82. The van der Waals surface area contributed by atoms with Crippen LogP contribution >= 0.6 is 0 Å². The molecule has 2 aliphatic rings. The van der Waals surface area contributed by atoms with Crippen molar-refractivity contribution < 1.29 is 24.2 Å². The van der Waals surface area contributed by atoms with E-state index >= 15 is 0 Å². The van der Waals surface area contributed by atoms with Crippen LogP contribution < -0.4 is 0 Å². The summed E-state index contributed by atoms with van der Waals surface area (Å²) >= 11 is 0. The van der Waals surface area contributed by atoms with E-state index < -0.39 is 12.1 Å². The van der Waals surface area contributed by atoms with Crippen molar-refractivity contribution >= 4 is 11.9 Å². The fourth-order valence-corrected chi connectivity index (χ4v) is 2.15. The van der Waals surface area contributed by atoms with Crippen molar-refractivity contribution in [2.75, 3.05) is 26.3 Å². The molecule has 1 N–H and O–H groups in total. The molecule has 0 aromatic carbocycles. The van der Waals surface area contributed by atoms with Gasteiger partial charge in [0.15, 0.2) is 6.10 Å². The first kappa shape index (κ1) is 12.3. The van der Waals surface area contributed by atoms with Gasteiger partial charge in [0.05, 0.1) is 25.7 Å². The minimum absolute atomic E-state index is 0.00798. The van der Waals surface area contributed by atoms with Crippen LogP contribution in [0.2, 0.25) is 0 Å². The van der Waals surface area contributed by atoms with E-state index in [4.69, 9.17) is 14.6 Å². The molecule has 0 aromatic rings. The normalized spacial score (nSPS) is 29.3. The maximum atomic E-state index is 11.9. The Balaban J connectivity index is 1.83. The summed E-state index contributed by atoms with van der Waals surface area (Å²) in [5.74, 6) is -1.05. The zero-order valence-corrected chi connectivity index (χ0v) is 9.63. The summed E-state index contributed by atoms with van der Waals surface area (Å²) < 4.78 is 10.5. The monoisotopic (exact) mass is 243 g/mol. The Hall–Kier alpha value is -1.14. The highest BCUT2D eigenvalue weighted by Crippen LogP contribution is 2.17. The third kappa shape index (κ3) is 3.17. The summed E-state index contributed by atoms with van der Waals surface area (Å²) in [7, 11) is 0. The van der Waals surface area contributed by atoms with E-state index in [0.29, 0.717) is 13.0 Å². The summed E-state index contributed by atoms with van der Waals surface area (Å²) in [6.07, 6.45) is 1.38. The van der Waals surface area contributed by atoms with Crippen molar-refractivity contribution in [1.82, 2.24) is 4.90 Å². The van der Waals surface area contributed by atoms with E-state index in [9.17, 15) is 9.59 Å². The third-order valence-electron chi connectivity index (χ3n) is 3.12. The van der Waals surface area contributed by atoms with Crippen LogP contribution in [0.3, 0.4) is 0 Å². The Morgan fingerprint density at radius 3 is 2.76 bits per heavy atom. The second-order valence-corrected chi connectivity index (χ2v) is 4.38. The molecule has 0 aliphatic carbocycles. The van der Waals surface area contributed by atoms with Crippen LogP contribution in [0.1, 0.15) is 19.3 Å². The number of nitrogens with zero attached hydrogens (tertiary/aromatic N) is 1. The molecule has 17 heavy (non-hydrogen) atoms. The topological polar surface area (TPSA) is 76.1 Å². The van der Waals surface area contributed by atoms with Crippen LogP contribution in [0.4, 0.5) is 0 Å². The lowest BCUT2D eigenvalue weighted by molar-refractivity contribution is -0.159. The number of morpholine rings is 1. The molecule has 2 rings (SSSR count). The molecule has 6 nitrogen and oxygen atoms in total. The number of ether oxygens (including phenoxy) is 2. The van der Waals surface area contributed by atoms with Crippen molar-refractivity contribution in [3.05, 3.63) is 0 Å². The molecule has 0 unspecified atom stereocenters. The number of aliphatic carboxylic acids is 1. The van der Waals surface area contributed by atoms with Gasteiger partial charge in [-0.05, 0) is 12.8 Å². The van der Waals surface area contributed by atoms with Crippen LogP contribution in [0.5, 0.6) is 0 Å². The minimum Gasteiger partial charge on any atom is -0.479 e. The molecule has 2 heterocycles. The summed E-state index contributed by atoms with van der Waals surface area (Å²) in [6, 6.07) is 0. The largest absolute Gasteiger partial charge is 0.479 e. The molecule has 0 spiro atoms. The lowest BCUT2D eigenvalue weighted by atomic mass is 10.1. The number of carboxylic acids is 1. The first-order valence-electron chi connectivity index (χ1n) is 5.90. The lowest BCUT2D eigenvalue weighted by Crippen LogP contribution is -2.49. The number of hydrogen-bond donors (Lipinski definition) is 1. The molecule has 2 aliphatic heterocycles. The molecule has 2 atom stereocenters. The Labute approximate surface area is 99.5 Å². The molecule has 0 aromatic heterocycles. The minimum atomic E-state index is -1.01. The quantitative estimate of drug-likeness (QED) is 0.747. The number of rotatable bonds is 3. The van der Waals surface area contributed by atoms with Gasteiger partial charge in [0, 0.05) is 13.2 Å². The molecule has 0 saturated carbocycles. The zero-order chi connectivity index (χ0) is 12.3. The van der Waals surface area contributed by atoms with Crippen molar-refractivity contribution in [2.45, 2.75) is 31.5 Å². The van der Waals surface area contributed by atoms with Gasteiger partial charge in [-0.3, -0.25) is 4.79 Å². The molecule has 96 valence electrons. The molecule has 2 saturated heterocycles. The maximum Gasteiger partial charge on any atom is 0.334 e. The van der Waals surface area contributed by atoms with E-state index in [1.807, 2.05) is 0 Å². The third-order valence-corrected chi connectivity index (χ3v) is 3.12. The number of carbonyl (C=O) groups excluding carboxylic acids is 1. The van der Waals surface area contributed by atoms with Crippen LogP contribution in [-0.4, -0.2) is 60.4 Å². The van der Waals surface area contributed by atoms with Crippen LogP contribution in [-0.2, 0) is 19.1 Å². The Bertz CT molecular complexity index is 300. The summed E-state index contributed by atoms with van der Waals surface area (Å²) in [4.78, 5) is 24.3. The fourth-order valence-electron chi connectivity index (χ4n) is 2.15. The fraction of sp³-hybridized carbons (Fsp3) is 0.818. The van der Waals surface area contributed by atoms with Crippen LogP contribution in [0.25, 0.3) is 0 Å². The highest BCUT2D eigenvalue weighted by molar-refractivity contribution is 5.79. The molecule has 0 radical (unpaired) electrons. The van der Waals surface area contributed by atoms with Gasteiger partial charge < -0.3 is 19.5 Å². The first-order valence-corrected chi connectivity index (χ1v) is 5.90. The Morgan fingerprint density at radius 2 is 2.12 bits per heavy atom. The lowest BCUT2D eigenvalue weighted by Gasteiger charge is -2.31. The standard InChI is InChI=1S/C11H17NO5/c13-10(6-8-2-1-4-16-8)12-3-5-17-9(7-12)11(14)15/h8-9H,1-7H2,(H,14,15)/t8-,9+/m0/s1. The summed E-state index contributed by atoms with van der Waals surface area (Å²) in [5, 5.41) is 8.83. The number of hydrogen-bond acceptors (Lipinski definition) is 4. The number of amides is 1. The number of carboxylic acid groups (broad SMARTS) is 1. The van der Waals surface area contributed by atoms with Crippen molar-refractivity contribution in [2.24, 2.45) is 0 Å². The van der Waals surface area contributed by atoms with Gasteiger partial charge in [-0.15, -0.1) is 0 Å². The second-order valence-electron chi connectivity index (χ2n) is 4.38. The van der Waals surface area contributed by atoms with E-state index in [0.717, 1.165) is 19.4 Å². The van der Waals surface area contributed by atoms with Gasteiger partial charge in [0.25, 0.3) is 0 Å². The molecular formula is C11H17NO5. The van der Waals surface area contributed by atoms with E-state index in [1.165, 1.54) is 0 Å². The Kier molecular flexibility index (Phi) is 3.96. The zero-order valence-electron chi connectivity index (χ0n) is 9.63. The van der Waals surface area contributed by atoms with Crippen LogP contribution in [0, 0.1) is 0 Å². The molecule has 1 amide bonds. The van der Waals surface area contributed by atoms with Gasteiger partial charge in [-0.1, -0.05) is 0 Å². The van der Waals surface area contributed by atoms with Gasteiger partial charge in [0.2, 0.25) is 5.91 Å². The molecular weight excluding hydrogens is 226 g/mol. The average molecular weight is 243 g/mol. The van der Waals surface area contributed by atoms with Crippen molar-refractivity contribution in [1.29, 1.82) is 0 Å². The molecule has 2 fully saturated rings. The smallest absolute Gasteiger partial charge is 0.334 e. The predicted molar refractivity (Wildman–Crippen MR) is 57.5 cm³/mol. The second kappa shape index (κ2) is 5.46. The van der Waals surface area contributed by atoms with E-state index in [1.54, 1.807) is 4.90 Å². The van der Waals surface area contributed by atoms with Gasteiger partial charge >= 0.3 is 5.97 Å². The van der Waals surface area contributed by atoms with E-state index in [-0.39, 0.29) is 25.2 Å². The van der Waals surface area contributed by atoms with Gasteiger partial charge in [0.1, 0.15) is 0 Å². The van der Waals surface area contributed by atoms with Crippen molar-refractivity contribution in [3.8, 4) is 0 Å².